The van der Waals surface area contributed by atoms with Gasteiger partial charge < -0.3 is 20.2 Å². The van der Waals surface area contributed by atoms with Crippen molar-refractivity contribution < 1.29 is 18.3 Å². The zero-order chi connectivity index (χ0) is 20.3. The molecule has 2 fully saturated rings. The van der Waals surface area contributed by atoms with Crippen LogP contribution in [-0.2, 0) is 9.47 Å². The molecule has 8 heteroatoms. The second-order valence-corrected chi connectivity index (χ2v) is 8.00. The average molecular weight is 392 g/mol. The molecule has 0 radical (unpaired) electrons. The van der Waals surface area contributed by atoms with Gasteiger partial charge in [0.05, 0.1) is 31.1 Å². The highest BCUT2D eigenvalue weighted by molar-refractivity contribution is 5.63. The van der Waals surface area contributed by atoms with Crippen molar-refractivity contribution in [2.75, 3.05) is 19.8 Å². The third kappa shape index (κ3) is 5.64. The normalized spacial score (nSPS) is 20.0. The largest absolute Gasteiger partial charge is 0.396 e. The number of hydrogen-bond donors (Lipinski definition) is 2. The van der Waals surface area contributed by atoms with E-state index in [0.717, 1.165) is 12.8 Å². The smallest absolute Gasteiger partial charge is 0.266 e. The number of nitrogens with zero attached hydrogens (tertiary/aromatic N) is 2. The molecule has 1 saturated heterocycles. The molecule has 1 saturated carbocycles. The van der Waals surface area contributed by atoms with Crippen LogP contribution in [0.5, 0.6) is 0 Å². The van der Waals surface area contributed by atoms with Crippen LogP contribution in [0.2, 0.25) is 0 Å². The maximum Gasteiger partial charge on any atom is 0.266 e. The number of nitrogens with two attached hydrogens (primary N) is 2. The maximum atomic E-state index is 13.5. The van der Waals surface area contributed by atoms with Crippen LogP contribution < -0.4 is 11.6 Å². The molecule has 1 aromatic heterocycles. The maximum absolute atomic E-state index is 13.5. The van der Waals surface area contributed by atoms with Crippen LogP contribution in [0, 0.1) is 23.2 Å². The van der Waals surface area contributed by atoms with Crippen LogP contribution in [0.3, 0.4) is 0 Å². The van der Waals surface area contributed by atoms with Gasteiger partial charge in [-0.05, 0) is 18.9 Å². The molecule has 6 nitrogen and oxygen atoms in total. The van der Waals surface area contributed by atoms with Crippen molar-refractivity contribution in [1.82, 2.24) is 9.99 Å². The predicted octanol–water partition coefficient (Wildman–Crippen LogP) is 2.61. The first-order valence-electron chi connectivity index (χ1n) is 9.25. The third-order valence-electron chi connectivity index (χ3n) is 4.41. The Morgan fingerprint density at radius 1 is 1.39 bits per heavy atom. The van der Waals surface area contributed by atoms with E-state index in [-0.39, 0.29) is 28.9 Å². The van der Waals surface area contributed by atoms with Gasteiger partial charge in [0.25, 0.3) is 6.43 Å². The molecule has 3 rings (SSSR count). The lowest BCUT2D eigenvalue weighted by atomic mass is 9.96. The molecular formula is C20H26F2N4O2. The predicted molar refractivity (Wildman–Crippen MR) is 101 cm³/mol. The van der Waals surface area contributed by atoms with E-state index in [9.17, 15) is 8.78 Å². The quantitative estimate of drug-likeness (QED) is 0.455. The van der Waals surface area contributed by atoms with E-state index in [1.807, 2.05) is 13.8 Å². The van der Waals surface area contributed by atoms with Crippen LogP contribution in [0.15, 0.2) is 18.5 Å². The molecule has 152 valence electrons. The van der Waals surface area contributed by atoms with Crippen LogP contribution in [0.1, 0.15) is 49.9 Å². The second kappa shape index (κ2) is 8.43. The molecule has 0 unspecified atom stereocenters. The molecule has 0 bridgehead atoms. The van der Waals surface area contributed by atoms with E-state index in [2.05, 4.69) is 16.8 Å². The number of rotatable bonds is 5. The van der Waals surface area contributed by atoms with Gasteiger partial charge in [0, 0.05) is 34.9 Å². The van der Waals surface area contributed by atoms with Crippen molar-refractivity contribution in [3.8, 4) is 11.8 Å². The minimum Gasteiger partial charge on any atom is -0.396 e. The summed E-state index contributed by atoms with van der Waals surface area (Å²) in [6.45, 7) is 5.39. The van der Waals surface area contributed by atoms with E-state index in [1.54, 1.807) is 0 Å². The minimum atomic E-state index is -2.73. The molecule has 1 aromatic rings. The number of aromatic nitrogens is 1. The average Bonchev–Trinajstić information content (AvgIpc) is 3.46. The number of hydrogen-bond acceptors (Lipinski definition) is 6. The van der Waals surface area contributed by atoms with Gasteiger partial charge in [-0.3, -0.25) is 4.98 Å². The van der Waals surface area contributed by atoms with Crippen molar-refractivity contribution >= 4 is 5.70 Å². The van der Waals surface area contributed by atoms with Gasteiger partial charge in [0.1, 0.15) is 0 Å². The van der Waals surface area contributed by atoms with Gasteiger partial charge in [0.15, 0.2) is 6.29 Å². The Balaban J connectivity index is 1.69. The van der Waals surface area contributed by atoms with E-state index in [1.165, 1.54) is 23.5 Å². The first kappa shape index (κ1) is 20.5. The molecule has 4 N–H and O–H groups in total. The fourth-order valence-electron chi connectivity index (χ4n) is 2.67. The molecule has 2 aliphatic rings. The summed E-state index contributed by atoms with van der Waals surface area (Å²) in [5, 5.41) is 1.26. The summed E-state index contributed by atoms with van der Waals surface area (Å²) in [6, 6.07) is 1.33. The topological polar surface area (TPSA) is 86.6 Å². The summed E-state index contributed by atoms with van der Waals surface area (Å²) in [4.78, 5) is 4.10. The zero-order valence-corrected chi connectivity index (χ0v) is 16.1. The standard InChI is InChI=1S/C20H26F2N4O2/c1-20(2)11-27-17(28-12-20)10-26(24)9-16(23)18-15(19(21)22)7-14(8-25-18)6-5-13-3-4-13/h7-9,13,17,19H,3-4,10-12,23-24H2,1-2H3/b16-9-. The molecule has 1 aliphatic carbocycles. The Labute approximate surface area is 163 Å². The number of halogens is 2. The van der Waals surface area contributed by atoms with Gasteiger partial charge in [-0.15, -0.1) is 0 Å². The molecule has 28 heavy (non-hydrogen) atoms. The molecule has 2 heterocycles. The molecule has 1 aliphatic heterocycles. The third-order valence-corrected chi connectivity index (χ3v) is 4.41. The van der Waals surface area contributed by atoms with E-state index >= 15 is 0 Å². The fourth-order valence-corrected chi connectivity index (χ4v) is 2.67. The van der Waals surface area contributed by atoms with Gasteiger partial charge in [-0.1, -0.05) is 25.7 Å². The van der Waals surface area contributed by atoms with Crippen LogP contribution in [0.25, 0.3) is 5.70 Å². The van der Waals surface area contributed by atoms with E-state index in [4.69, 9.17) is 21.1 Å². The summed E-state index contributed by atoms with van der Waals surface area (Å²) >= 11 is 0. The lowest BCUT2D eigenvalue weighted by Crippen LogP contribution is -2.44. The zero-order valence-electron chi connectivity index (χ0n) is 16.1. The highest BCUT2D eigenvalue weighted by atomic mass is 19.3. The lowest BCUT2D eigenvalue weighted by Gasteiger charge is -2.35. The van der Waals surface area contributed by atoms with Crippen molar-refractivity contribution in [2.45, 2.75) is 39.4 Å². The highest BCUT2D eigenvalue weighted by Crippen LogP contribution is 2.29. The molecular weight excluding hydrogens is 366 g/mol. The summed E-state index contributed by atoms with van der Waals surface area (Å²) < 4.78 is 38.2. The molecule has 0 amide bonds. The Morgan fingerprint density at radius 2 is 2.07 bits per heavy atom. The van der Waals surface area contributed by atoms with Crippen molar-refractivity contribution in [2.24, 2.45) is 22.9 Å². The molecule has 0 atom stereocenters. The van der Waals surface area contributed by atoms with Crippen molar-refractivity contribution in [3.63, 3.8) is 0 Å². The minimum absolute atomic E-state index is 0.00552. The number of alkyl halides is 2. The SMILES string of the molecule is CC1(C)COC(CN(N)/C=C(\N)c2ncc(C#CC3CC3)cc2C(F)F)OC1. The van der Waals surface area contributed by atoms with E-state index < -0.39 is 12.7 Å². The number of hydrazine groups is 1. The van der Waals surface area contributed by atoms with Crippen LogP contribution in [-0.4, -0.2) is 36.0 Å². The fraction of sp³-hybridized carbons (Fsp3) is 0.550. The summed E-state index contributed by atoms with van der Waals surface area (Å²) in [5.41, 5.74) is 6.16. The summed E-state index contributed by atoms with van der Waals surface area (Å²) in [7, 11) is 0. The first-order valence-corrected chi connectivity index (χ1v) is 9.25. The van der Waals surface area contributed by atoms with Gasteiger partial charge in [-0.2, -0.15) is 0 Å². The summed E-state index contributed by atoms with van der Waals surface area (Å²) in [6.07, 6.45) is 1.70. The van der Waals surface area contributed by atoms with Gasteiger partial charge >= 0.3 is 0 Å². The highest BCUT2D eigenvalue weighted by Gasteiger charge is 2.29. The Morgan fingerprint density at radius 3 is 2.68 bits per heavy atom. The van der Waals surface area contributed by atoms with Gasteiger partial charge in [-0.25, -0.2) is 14.6 Å². The van der Waals surface area contributed by atoms with Gasteiger partial charge in [0.2, 0.25) is 0 Å². The van der Waals surface area contributed by atoms with Crippen LogP contribution >= 0.6 is 0 Å². The second-order valence-electron chi connectivity index (χ2n) is 8.00. The number of pyridine rings is 1. The summed E-state index contributed by atoms with van der Waals surface area (Å²) in [5.74, 6) is 12.2. The molecule has 0 spiro atoms. The van der Waals surface area contributed by atoms with Crippen molar-refractivity contribution in [3.05, 3.63) is 35.3 Å². The molecule has 0 aromatic carbocycles. The lowest BCUT2D eigenvalue weighted by molar-refractivity contribution is -0.225. The Bertz CT molecular complexity index is 787. The first-order chi connectivity index (χ1) is 13.2. The Hall–Kier alpha value is -2.21. The van der Waals surface area contributed by atoms with Crippen molar-refractivity contribution in [1.29, 1.82) is 0 Å². The van der Waals surface area contributed by atoms with E-state index in [0.29, 0.717) is 24.7 Å². The van der Waals surface area contributed by atoms with Crippen LogP contribution in [0.4, 0.5) is 8.78 Å². The number of ether oxygens (including phenoxy) is 2. The Kier molecular flexibility index (Phi) is 6.18. The monoisotopic (exact) mass is 392 g/mol.